The highest BCUT2D eigenvalue weighted by atomic mass is 16.5. The first-order valence-electron chi connectivity index (χ1n) is 8.22. The first kappa shape index (κ1) is 18.8. The Balaban J connectivity index is 2.19. The molecule has 1 saturated heterocycles. The SMILES string of the molecule is COc1ccc([C@@H]2[C@H](C(=O)NCC(=O)N(C)C)CCC(=O)N2C)cc1. The number of carbonyl (C=O) groups is 3. The lowest BCUT2D eigenvalue weighted by Gasteiger charge is -2.38. The van der Waals surface area contributed by atoms with Crippen molar-refractivity contribution in [3.63, 3.8) is 0 Å². The van der Waals surface area contributed by atoms with Gasteiger partial charge in [0.05, 0.1) is 25.6 Å². The summed E-state index contributed by atoms with van der Waals surface area (Å²) in [7, 11) is 6.58. The van der Waals surface area contributed by atoms with E-state index in [1.807, 2.05) is 24.3 Å². The summed E-state index contributed by atoms with van der Waals surface area (Å²) in [5.41, 5.74) is 0.871. The number of likely N-dealkylation sites (tertiary alicyclic amines) is 1. The topological polar surface area (TPSA) is 79.0 Å². The van der Waals surface area contributed by atoms with Crippen molar-refractivity contribution in [1.29, 1.82) is 0 Å². The predicted octanol–water partition coefficient (Wildman–Crippen LogP) is 0.809. The van der Waals surface area contributed by atoms with Crippen LogP contribution in [0.25, 0.3) is 0 Å². The quantitative estimate of drug-likeness (QED) is 0.855. The number of nitrogens with one attached hydrogen (secondary N) is 1. The van der Waals surface area contributed by atoms with Gasteiger partial charge in [0.15, 0.2) is 0 Å². The van der Waals surface area contributed by atoms with Crippen LogP contribution in [0.2, 0.25) is 0 Å². The molecule has 1 fully saturated rings. The molecule has 0 bridgehead atoms. The van der Waals surface area contributed by atoms with Crippen LogP contribution in [-0.2, 0) is 14.4 Å². The van der Waals surface area contributed by atoms with Gasteiger partial charge in [-0.1, -0.05) is 12.1 Å². The van der Waals surface area contributed by atoms with E-state index in [9.17, 15) is 14.4 Å². The standard InChI is InChI=1S/C18H25N3O4/c1-20(2)16(23)11-19-18(24)14-9-10-15(22)21(3)17(14)12-5-7-13(25-4)8-6-12/h5-8,14,17H,9-11H2,1-4H3,(H,19,24)/t14-,17-/m1/s1. The van der Waals surface area contributed by atoms with Gasteiger partial charge in [0.2, 0.25) is 17.7 Å². The maximum atomic E-state index is 12.6. The maximum absolute atomic E-state index is 12.6. The van der Waals surface area contributed by atoms with Crippen molar-refractivity contribution < 1.29 is 19.1 Å². The molecule has 25 heavy (non-hydrogen) atoms. The number of nitrogens with zero attached hydrogens (tertiary/aromatic N) is 2. The molecule has 0 unspecified atom stereocenters. The summed E-state index contributed by atoms with van der Waals surface area (Å²) >= 11 is 0. The van der Waals surface area contributed by atoms with Crippen molar-refractivity contribution in [3.05, 3.63) is 29.8 Å². The fourth-order valence-electron chi connectivity index (χ4n) is 3.02. The zero-order valence-corrected chi connectivity index (χ0v) is 15.1. The zero-order valence-electron chi connectivity index (χ0n) is 15.1. The second-order valence-electron chi connectivity index (χ2n) is 6.37. The summed E-state index contributed by atoms with van der Waals surface area (Å²) < 4.78 is 5.16. The number of likely N-dealkylation sites (N-methyl/N-ethyl adjacent to an activating group) is 1. The van der Waals surface area contributed by atoms with Gasteiger partial charge in [-0.15, -0.1) is 0 Å². The zero-order chi connectivity index (χ0) is 18.6. The van der Waals surface area contributed by atoms with Gasteiger partial charge in [0, 0.05) is 27.6 Å². The van der Waals surface area contributed by atoms with Crippen LogP contribution >= 0.6 is 0 Å². The van der Waals surface area contributed by atoms with E-state index in [4.69, 9.17) is 4.74 Å². The molecule has 1 N–H and O–H groups in total. The lowest BCUT2D eigenvalue weighted by atomic mass is 9.84. The van der Waals surface area contributed by atoms with E-state index in [0.29, 0.717) is 18.6 Å². The fourth-order valence-corrected chi connectivity index (χ4v) is 3.02. The molecule has 1 aliphatic heterocycles. The molecule has 136 valence electrons. The molecular formula is C18H25N3O4. The lowest BCUT2D eigenvalue weighted by Crippen LogP contribution is -2.47. The number of hydrogen-bond acceptors (Lipinski definition) is 4. The van der Waals surface area contributed by atoms with E-state index in [2.05, 4.69) is 5.32 Å². The number of amides is 3. The summed E-state index contributed by atoms with van der Waals surface area (Å²) in [5.74, 6) is -0.0589. The third kappa shape index (κ3) is 4.29. The van der Waals surface area contributed by atoms with Gasteiger partial charge in [0.25, 0.3) is 0 Å². The van der Waals surface area contributed by atoms with E-state index in [1.54, 1.807) is 33.2 Å². The van der Waals surface area contributed by atoms with Gasteiger partial charge < -0.3 is 19.9 Å². The minimum atomic E-state index is -0.397. The molecule has 0 aliphatic carbocycles. The Labute approximate surface area is 147 Å². The Kier molecular flexibility index (Phi) is 6.01. The lowest BCUT2D eigenvalue weighted by molar-refractivity contribution is -0.142. The van der Waals surface area contributed by atoms with E-state index in [1.165, 1.54) is 4.90 Å². The Bertz CT molecular complexity index is 642. The Morgan fingerprint density at radius 3 is 2.48 bits per heavy atom. The monoisotopic (exact) mass is 347 g/mol. The summed E-state index contributed by atoms with van der Waals surface area (Å²) in [6, 6.07) is 6.99. The number of benzene rings is 1. The number of hydrogen-bond donors (Lipinski definition) is 1. The van der Waals surface area contributed by atoms with Gasteiger partial charge in [-0.05, 0) is 24.1 Å². The van der Waals surface area contributed by atoms with Crippen LogP contribution in [0.3, 0.4) is 0 Å². The molecule has 7 heteroatoms. The van der Waals surface area contributed by atoms with Gasteiger partial charge in [-0.2, -0.15) is 0 Å². The normalized spacial score (nSPS) is 20.2. The van der Waals surface area contributed by atoms with E-state index in [0.717, 1.165) is 5.56 Å². The van der Waals surface area contributed by atoms with Crippen molar-refractivity contribution >= 4 is 17.7 Å². The molecule has 3 amide bonds. The van der Waals surface area contributed by atoms with Gasteiger partial charge >= 0.3 is 0 Å². The van der Waals surface area contributed by atoms with Crippen LogP contribution in [0.1, 0.15) is 24.4 Å². The number of ether oxygens (including phenoxy) is 1. The van der Waals surface area contributed by atoms with Crippen molar-refractivity contribution in [2.24, 2.45) is 5.92 Å². The average Bonchev–Trinajstić information content (AvgIpc) is 2.61. The van der Waals surface area contributed by atoms with E-state index < -0.39 is 5.92 Å². The highest BCUT2D eigenvalue weighted by Crippen LogP contribution is 2.36. The summed E-state index contributed by atoms with van der Waals surface area (Å²) in [4.78, 5) is 39.5. The molecule has 2 atom stereocenters. The number of methoxy groups -OCH3 is 1. The summed E-state index contributed by atoms with van der Waals surface area (Å²) in [6.45, 7) is -0.0463. The van der Waals surface area contributed by atoms with Crippen LogP contribution in [-0.4, -0.2) is 62.3 Å². The van der Waals surface area contributed by atoms with Crippen LogP contribution in [0, 0.1) is 5.92 Å². The molecule has 1 heterocycles. The second kappa shape index (κ2) is 8.00. The molecule has 1 aliphatic rings. The van der Waals surface area contributed by atoms with Gasteiger partial charge in [-0.3, -0.25) is 14.4 Å². The Morgan fingerprint density at radius 1 is 1.28 bits per heavy atom. The molecule has 0 spiro atoms. The smallest absolute Gasteiger partial charge is 0.241 e. The molecule has 2 rings (SSSR count). The van der Waals surface area contributed by atoms with Crippen LogP contribution in [0.15, 0.2) is 24.3 Å². The first-order chi connectivity index (χ1) is 11.8. The van der Waals surface area contributed by atoms with Crippen LogP contribution < -0.4 is 10.1 Å². The van der Waals surface area contributed by atoms with Crippen molar-refractivity contribution in [3.8, 4) is 5.75 Å². The molecule has 0 radical (unpaired) electrons. The predicted molar refractivity (Wildman–Crippen MR) is 92.9 cm³/mol. The fraction of sp³-hybridized carbons (Fsp3) is 0.500. The first-order valence-corrected chi connectivity index (χ1v) is 8.22. The molecule has 1 aromatic rings. The highest BCUT2D eigenvalue weighted by Gasteiger charge is 2.38. The third-order valence-corrected chi connectivity index (χ3v) is 4.57. The largest absolute Gasteiger partial charge is 0.497 e. The summed E-state index contributed by atoms with van der Waals surface area (Å²) in [5, 5.41) is 2.70. The number of rotatable bonds is 5. The van der Waals surface area contributed by atoms with Crippen molar-refractivity contribution in [1.82, 2.24) is 15.1 Å². The van der Waals surface area contributed by atoms with Gasteiger partial charge in [-0.25, -0.2) is 0 Å². The second-order valence-corrected chi connectivity index (χ2v) is 6.37. The number of piperidine rings is 1. The third-order valence-electron chi connectivity index (χ3n) is 4.57. The minimum absolute atomic E-state index is 0.00855. The Morgan fingerprint density at radius 2 is 1.92 bits per heavy atom. The number of carbonyl (C=O) groups excluding carboxylic acids is 3. The molecular weight excluding hydrogens is 322 g/mol. The highest BCUT2D eigenvalue weighted by molar-refractivity contribution is 5.88. The molecule has 7 nitrogen and oxygen atoms in total. The van der Waals surface area contributed by atoms with Gasteiger partial charge in [0.1, 0.15) is 5.75 Å². The van der Waals surface area contributed by atoms with E-state index >= 15 is 0 Å². The molecule has 0 saturated carbocycles. The average molecular weight is 347 g/mol. The molecule has 0 aromatic heterocycles. The van der Waals surface area contributed by atoms with E-state index in [-0.39, 0.29) is 30.3 Å². The minimum Gasteiger partial charge on any atom is -0.497 e. The Hall–Kier alpha value is -2.57. The maximum Gasteiger partial charge on any atom is 0.241 e. The molecule has 1 aromatic carbocycles. The summed E-state index contributed by atoms with van der Waals surface area (Å²) in [6.07, 6.45) is 0.782. The van der Waals surface area contributed by atoms with Crippen LogP contribution in [0.5, 0.6) is 5.75 Å². The van der Waals surface area contributed by atoms with Crippen molar-refractivity contribution in [2.45, 2.75) is 18.9 Å². The van der Waals surface area contributed by atoms with Crippen molar-refractivity contribution in [2.75, 3.05) is 34.8 Å². The van der Waals surface area contributed by atoms with Crippen LogP contribution in [0.4, 0.5) is 0 Å².